The van der Waals surface area contributed by atoms with Crippen LogP contribution < -0.4 is 10.2 Å². The predicted molar refractivity (Wildman–Crippen MR) is 99.9 cm³/mol. The van der Waals surface area contributed by atoms with Crippen molar-refractivity contribution in [2.75, 3.05) is 42.9 Å². The molecule has 138 valence electrons. The number of halogens is 1. The SMILES string of the molecule is CCCCNc1nccc(C(=O)N2CCN(c3ccccc3F)CC2)n1. The molecule has 0 aliphatic carbocycles. The molecule has 0 atom stereocenters. The Morgan fingerprint density at radius 1 is 1.19 bits per heavy atom. The number of nitrogens with one attached hydrogen (secondary N) is 1. The summed E-state index contributed by atoms with van der Waals surface area (Å²) in [5.74, 6) is 0.138. The molecule has 0 unspecified atom stereocenters. The molecule has 1 aliphatic heterocycles. The van der Waals surface area contributed by atoms with Crippen LogP contribution in [0, 0.1) is 5.82 Å². The van der Waals surface area contributed by atoms with Crippen LogP contribution in [0.1, 0.15) is 30.3 Å². The standard InChI is InChI=1S/C19H24FN5O/c1-2-3-9-21-19-22-10-8-16(23-19)18(26)25-13-11-24(12-14-25)17-7-5-4-6-15(17)20/h4-8,10H,2-3,9,11-14H2,1H3,(H,21,22,23). The van der Waals surface area contributed by atoms with Crippen molar-refractivity contribution in [1.29, 1.82) is 0 Å². The molecule has 0 bridgehead atoms. The maximum atomic E-state index is 13.9. The minimum Gasteiger partial charge on any atom is -0.366 e. The van der Waals surface area contributed by atoms with E-state index in [1.807, 2.05) is 11.0 Å². The van der Waals surface area contributed by atoms with Gasteiger partial charge in [0, 0.05) is 38.9 Å². The van der Waals surface area contributed by atoms with Crippen molar-refractivity contribution < 1.29 is 9.18 Å². The number of aromatic nitrogens is 2. The second-order valence-electron chi connectivity index (χ2n) is 6.28. The fourth-order valence-electron chi connectivity index (χ4n) is 2.96. The third kappa shape index (κ3) is 4.28. The fraction of sp³-hybridized carbons (Fsp3) is 0.421. The Morgan fingerprint density at radius 3 is 2.69 bits per heavy atom. The van der Waals surface area contributed by atoms with Crippen LogP contribution in [0.2, 0.25) is 0 Å². The lowest BCUT2D eigenvalue weighted by Crippen LogP contribution is -2.49. The van der Waals surface area contributed by atoms with Crippen molar-refractivity contribution in [2.24, 2.45) is 0 Å². The highest BCUT2D eigenvalue weighted by molar-refractivity contribution is 5.92. The zero-order valence-electron chi connectivity index (χ0n) is 15.0. The van der Waals surface area contributed by atoms with Crippen LogP contribution >= 0.6 is 0 Å². The predicted octanol–water partition coefficient (Wildman–Crippen LogP) is 2.79. The number of hydrogen-bond acceptors (Lipinski definition) is 5. The number of carbonyl (C=O) groups excluding carboxylic acids is 1. The molecule has 3 rings (SSSR count). The van der Waals surface area contributed by atoms with Gasteiger partial charge in [0.25, 0.3) is 5.91 Å². The van der Waals surface area contributed by atoms with E-state index in [1.54, 1.807) is 29.3 Å². The number of anilines is 2. The number of carbonyl (C=O) groups is 1. The molecular weight excluding hydrogens is 333 g/mol. The minimum atomic E-state index is -0.231. The first kappa shape index (κ1) is 18.1. The number of para-hydroxylation sites is 1. The van der Waals surface area contributed by atoms with Crippen LogP contribution in [-0.2, 0) is 0 Å². The highest BCUT2D eigenvalue weighted by Crippen LogP contribution is 2.20. The lowest BCUT2D eigenvalue weighted by Gasteiger charge is -2.36. The van der Waals surface area contributed by atoms with Gasteiger partial charge in [-0.3, -0.25) is 4.79 Å². The molecule has 2 aromatic rings. The van der Waals surface area contributed by atoms with E-state index in [0.29, 0.717) is 43.5 Å². The van der Waals surface area contributed by atoms with E-state index in [1.165, 1.54) is 6.07 Å². The highest BCUT2D eigenvalue weighted by atomic mass is 19.1. The summed E-state index contributed by atoms with van der Waals surface area (Å²) in [5, 5.41) is 3.14. The van der Waals surface area contributed by atoms with Crippen LogP contribution in [0.3, 0.4) is 0 Å². The van der Waals surface area contributed by atoms with Gasteiger partial charge in [-0.2, -0.15) is 0 Å². The van der Waals surface area contributed by atoms with Crippen molar-refractivity contribution in [3.63, 3.8) is 0 Å². The van der Waals surface area contributed by atoms with Gasteiger partial charge in [0.05, 0.1) is 5.69 Å². The first-order valence-electron chi connectivity index (χ1n) is 9.04. The monoisotopic (exact) mass is 357 g/mol. The molecule has 0 spiro atoms. The Kier molecular flexibility index (Phi) is 5.99. The molecule has 1 saturated heterocycles. The van der Waals surface area contributed by atoms with Gasteiger partial charge >= 0.3 is 0 Å². The number of nitrogens with zero attached hydrogens (tertiary/aromatic N) is 4. The van der Waals surface area contributed by atoms with Crippen molar-refractivity contribution >= 4 is 17.5 Å². The zero-order valence-corrected chi connectivity index (χ0v) is 15.0. The maximum absolute atomic E-state index is 13.9. The molecule has 26 heavy (non-hydrogen) atoms. The van der Waals surface area contributed by atoms with Gasteiger partial charge in [0.2, 0.25) is 5.95 Å². The number of amides is 1. The molecule has 1 aliphatic rings. The second-order valence-corrected chi connectivity index (χ2v) is 6.28. The van der Waals surface area contributed by atoms with Gasteiger partial charge in [0.15, 0.2) is 0 Å². The fourth-order valence-corrected chi connectivity index (χ4v) is 2.96. The van der Waals surface area contributed by atoms with E-state index in [0.717, 1.165) is 19.4 Å². The summed E-state index contributed by atoms with van der Waals surface area (Å²) < 4.78 is 13.9. The number of rotatable bonds is 6. The van der Waals surface area contributed by atoms with Crippen LogP contribution in [0.15, 0.2) is 36.5 Å². The normalized spacial score (nSPS) is 14.4. The van der Waals surface area contributed by atoms with E-state index in [-0.39, 0.29) is 11.7 Å². The smallest absolute Gasteiger partial charge is 0.272 e. The summed E-state index contributed by atoms with van der Waals surface area (Å²) >= 11 is 0. The molecule has 0 saturated carbocycles. The second kappa shape index (κ2) is 8.60. The topological polar surface area (TPSA) is 61.4 Å². The van der Waals surface area contributed by atoms with Gasteiger partial charge in [-0.25, -0.2) is 14.4 Å². The Hall–Kier alpha value is -2.70. The Bertz CT molecular complexity index is 746. The Labute approximate surface area is 153 Å². The quantitative estimate of drug-likeness (QED) is 0.806. The average Bonchev–Trinajstić information content (AvgIpc) is 2.68. The number of benzene rings is 1. The largest absolute Gasteiger partial charge is 0.366 e. The summed E-state index contributed by atoms with van der Waals surface area (Å²) in [6.45, 7) is 5.17. The highest BCUT2D eigenvalue weighted by Gasteiger charge is 2.24. The zero-order chi connectivity index (χ0) is 18.4. The molecule has 2 heterocycles. The molecule has 1 aromatic carbocycles. The first-order chi connectivity index (χ1) is 12.7. The van der Waals surface area contributed by atoms with Crippen molar-refractivity contribution in [3.8, 4) is 0 Å². The molecular formula is C19H24FN5O. The first-order valence-corrected chi connectivity index (χ1v) is 9.04. The van der Waals surface area contributed by atoms with E-state index in [2.05, 4.69) is 22.2 Å². The van der Waals surface area contributed by atoms with E-state index in [4.69, 9.17) is 0 Å². The third-order valence-electron chi connectivity index (χ3n) is 4.45. The van der Waals surface area contributed by atoms with Crippen LogP contribution in [0.4, 0.5) is 16.0 Å². The summed E-state index contributed by atoms with van der Waals surface area (Å²) in [5.41, 5.74) is 0.974. The number of hydrogen-bond donors (Lipinski definition) is 1. The van der Waals surface area contributed by atoms with Crippen molar-refractivity contribution in [1.82, 2.24) is 14.9 Å². The van der Waals surface area contributed by atoms with Crippen LogP contribution in [0.25, 0.3) is 0 Å². The van der Waals surface area contributed by atoms with Gasteiger partial charge in [-0.1, -0.05) is 25.5 Å². The van der Waals surface area contributed by atoms with Crippen LogP contribution in [0.5, 0.6) is 0 Å². The van der Waals surface area contributed by atoms with E-state index < -0.39 is 0 Å². The summed E-state index contributed by atoms with van der Waals surface area (Å²) in [6.07, 6.45) is 3.71. The lowest BCUT2D eigenvalue weighted by molar-refractivity contribution is 0.0740. The summed E-state index contributed by atoms with van der Waals surface area (Å²) in [7, 11) is 0. The molecule has 6 nitrogen and oxygen atoms in total. The Balaban J connectivity index is 1.60. The van der Waals surface area contributed by atoms with Crippen LogP contribution in [-0.4, -0.2) is 53.5 Å². The molecule has 1 N–H and O–H groups in total. The molecule has 7 heteroatoms. The van der Waals surface area contributed by atoms with Gasteiger partial charge < -0.3 is 15.1 Å². The van der Waals surface area contributed by atoms with Crippen molar-refractivity contribution in [3.05, 3.63) is 48.0 Å². The van der Waals surface area contributed by atoms with Gasteiger partial charge in [0.1, 0.15) is 11.5 Å². The molecule has 1 aromatic heterocycles. The van der Waals surface area contributed by atoms with E-state index >= 15 is 0 Å². The number of unbranched alkanes of at least 4 members (excludes halogenated alkanes) is 1. The van der Waals surface area contributed by atoms with E-state index in [9.17, 15) is 9.18 Å². The average molecular weight is 357 g/mol. The molecule has 1 fully saturated rings. The minimum absolute atomic E-state index is 0.112. The Morgan fingerprint density at radius 2 is 1.96 bits per heavy atom. The maximum Gasteiger partial charge on any atom is 0.272 e. The third-order valence-corrected chi connectivity index (χ3v) is 4.45. The van der Waals surface area contributed by atoms with Crippen molar-refractivity contribution in [2.45, 2.75) is 19.8 Å². The summed E-state index contributed by atoms with van der Waals surface area (Å²) in [6, 6.07) is 8.37. The molecule has 1 amide bonds. The summed E-state index contributed by atoms with van der Waals surface area (Å²) in [4.78, 5) is 24.9. The van der Waals surface area contributed by atoms with Gasteiger partial charge in [-0.05, 0) is 24.6 Å². The number of piperazine rings is 1. The van der Waals surface area contributed by atoms with Gasteiger partial charge in [-0.15, -0.1) is 0 Å². The lowest BCUT2D eigenvalue weighted by atomic mass is 10.2. The molecule has 0 radical (unpaired) electrons.